The van der Waals surface area contributed by atoms with Gasteiger partial charge in [0.05, 0.1) is 0 Å². The lowest BCUT2D eigenvalue weighted by Crippen LogP contribution is -2.31. The van der Waals surface area contributed by atoms with Crippen molar-refractivity contribution in [3.05, 3.63) is 57.0 Å². The van der Waals surface area contributed by atoms with Crippen LogP contribution in [0.1, 0.15) is 65.1 Å². The minimum absolute atomic E-state index is 0.00754. The molecule has 33 heavy (non-hydrogen) atoms. The van der Waals surface area contributed by atoms with Gasteiger partial charge < -0.3 is 9.47 Å². The van der Waals surface area contributed by atoms with Gasteiger partial charge in [-0.05, 0) is 31.9 Å². The number of aryl methyl sites for hydroxylation is 3. The smallest absolute Gasteiger partial charge is 0.322 e. The minimum Gasteiger partial charge on any atom is -0.322 e. The summed E-state index contributed by atoms with van der Waals surface area (Å²) < 4.78 is 3.47. The molecule has 0 fully saturated rings. The van der Waals surface area contributed by atoms with Gasteiger partial charge in [-0.15, -0.1) is 0 Å². The number of carbonyl (C=O) groups is 1. The predicted molar refractivity (Wildman–Crippen MR) is 132 cm³/mol. The third-order valence-corrected chi connectivity index (χ3v) is 5.93. The largest absolute Gasteiger partial charge is 0.330 e. The summed E-state index contributed by atoms with van der Waals surface area (Å²) in [7, 11) is 0. The number of nitrogens with one attached hydrogen (secondary N) is 1. The lowest BCUT2D eigenvalue weighted by atomic mass is 10.2. The Morgan fingerprint density at radius 1 is 0.970 bits per heavy atom. The number of carbonyl (C=O) groups excluding carboxylic acids is 1. The molecule has 3 rings (SSSR count). The molecule has 1 N–H and O–H groups in total. The van der Waals surface area contributed by atoms with Gasteiger partial charge in [-0.3, -0.25) is 19.1 Å². The van der Waals surface area contributed by atoms with Gasteiger partial charge in [-0.1, -0.05) is 51.3 Å². The molecule has 0 aliphatic carbocycles. The van der Waals surface area contributed by atoms with E-state index >= 15 is 0 Å². The third-order valence-electron chi connectivity index (χ3n) is 5.93. The molecule has 8 nitrogen and oxygen atoms in total. The van der Waals surface area contributed by atoms with Gasteiger partial charge in [0.1, 0.15) is 5.82 Å². The van der Waals surface area contributed by atoms with Crippen LogP contribution in [0.3, 0.4) is 0 Å². The first-order valence-corrected chi connectivity index (χ1v) is 12.1. The minimum atomic E-state index is -0.428. The molecule has 8 heteroatoms. The summed E-state index contributed by atoms with van der Waals surface area (Å²) in [6, 6.07) is 9.61. The lowest BCUT2D eigenvalue weighted by Gasteiger charge is -2.21. The van der Waals surface area contributed by atoms with Gasteiger partial charge in [-0.25, -0.2) is 9.78 Å². The van der Waals surface area contributed by atoms with E-state index in [0.29, 0.717) is 43.0 Å². The average Bonchev–Trinajstić information content (AvgIpc) is 3.17. The van der Waals surface area contributed by atoms with E-state index in [-0.39, 0.29) is 12.3 Å². The van der Waals surface area contributed by atoms with Crippen LogP contribution in [0.15, 0.2) is 39.9 Å². The summed E-state index contributed by atoms with van der Waals surface area (Å²) >= 11 is 0. The van der Waals surface area contributed by atoms with Crippen LogP contribution in [0.2, 0.25) is 0 Å². The molecular weight excluding hydrogens is 418 g/mol. The number of para-hydroxylation sites is 1. The van der Waals surface area contributed by atoms with Gasteiger partial charge in [-0.2, -0.15) is 0 Å². The summed E-state index contributed by atoms with van der Waals surface area (Å²) in [6.07, 6.45) is 5.42. The molecule has 3 aromatic rings. The van der Waals surface area contributed by atoms with E-state index in [1.807, 2.05) is 41.8 Å². The number of benzene rings is 1. The van der Waals surface area contributed by atoms with Crippen molar-refractivity contribution in [3.8, 4) is 0 Å². The molecule has 0 spiro atoms. The normalized spacial score (nSPS) is 11.2. The topological polar surface area (TPSA) is 93.0 Å². The number of anilines is 1. The molecule has 0 radical (unpaired) electrons. The maximum Gasteiger partial charge on any atom is 0.330 e. The molecule has 0 saturated carbocycles. The highest BCUT2D eigenvalue weighted by Gasteiger charge is 2.20. The Bertz CT molecular complexity index is 1180. The van der Waals surface area contributed by atoms with Gasteiger partial charge in [0.25, 0.3) is 5.56 Å². The fourth-order valence-corrected chi connectivity index (χ4v) is 4.16. The zero-order valence-corrected chi connectivity index (χ0v) is 20.0. The summed E-state index contributed by atoms with van der Waals surface area (Å²) in [4.78, 5) is 47.2. The van der Waals surface area contributed by atoms with Gasteiger partial charge in [0, 0.05) is 38.2 Å². The van der Waals surface area contributed by atoms with Gasteiger partial charge >= 0.3 is 5.69 Å². The van der Waals surface area contributed by atoms with Crippen LogP contribution in [0, 0.1) is 0 Å². The Morgan fingerprint density at radius 2 is 1.67 bits per heavy atom. The third kappa shape index (κ3) is 5.61. The summed E-state index contributed by atoms with van der Waals surface area (Å²) in [5.41, 5.74) is 0.879. The molecule has 0 aliphatic rings. The number of aromatic nitrogens is 4. The molecule has 0 atom stereocenters. The average molecular weight is 454 g/mol. The Morgan fingerprint density at radius 3 is 2.33 bits per heavy atom. The van der Waals surface area contributed by atoms with E-state index in [2.05, 4.69) is 18.8 Å². The van der Waals surface area contributed by atoms with E-state index in [4.69, 9.17) is 4.98 Å². The first-order valence-electron chi connectivity index (χ1n) is 12.1. The zero-order valence-electron chi connectivity index (χ0n) is 20.0. The molecule has 2 heterocycles. The number of amides is 1. The van der Waals surface area contributed by atoms with E-state index in [9.17, 15) is 14.4 Å². The molecule has 2 aromatic heterocycles. The Hall–Kier alpha value is -3.16. The molecule has 1 aromatic carbocycles. The number of unbranched alkanes of at least 4 members (excludes halogenated alkanes) is 3. The molecule has 0 unspecified atom stereocenters. The van der Waals surface area contributed by atoms with Crippen molar-refractivity contribution < 1.29 is 4.79 Å². The van der Waals surface area contributed by atoms with E-state index in [0.717, 1.165) is 37.8 Å². The first kappa shape index (κ1) is 24.5. The number of nitrogens with zero attached hydrogens (tertiary/aromatic N) is 4. The number of hydrogen-bond donors (Lipinski definition) is 1. The highest BCUT2D eigenvalue weighted by molar-refractivity contribution is 5.93. The molecule has 1 amide bonds. The van der Waals surface area contributed by atoms with Crippen molar-refractivity contribution in [1.82, 2.24) is 19.1 Å². The molecular formula is C25H35N5O3. The van der Waals surface area contributed by atoms with Crippen molar-refractivity contribution in [2.24, 2.45) is 0 Å². The SMILES string of the molecule is CCCCCn1c(CCC(=O)N(CC)c2ccccc2)nc2c1c(=O)[nH]c(=O)n2CCCC. The van der Waals surface area contributed by atoms with Crippen molar-refractivity contribution in [3.63, 3.8) is 0 Å². The number of imidazole rings is 1. The maximum absolute atomic E-state index is 13.0. The van der Waals surface area contributed by atoms with Crippen LogP contribution in [-0.4, -0.2) is 31.6 Å². The van der Waals surface area contributed by atoms with Crippen molar-refractivity contribution >= 4 is 22.8 Å². The Labute approximate surface area is 194 Å². The van der Waals surface area contributed by atoms with E-state index in [1.54, 1.807) is 9.47 Å². The van der Waals surface area contributed by atoms with Crippen LogP contribution in [-0.2, 0) is 24.3 Å². The van der Waals surface area contributed by atoms with Crippen LogP contribution in [0.25, 0.3) is 11.2 Å². The molecule has 0 bridgehead atoms. The number of hydrogen-bond acceptors (Lipinski definition) is 4. The van der Waals surface area contributed by atoms with Crippen LogP contribution in [0.4, 0.5) is 5.69 Å². The maximum atomic E-state index is 13.0. The molecule has 0 saturated heterocycles. The lowest BCUT2D eigenvalue weighted by molar-refractivity contribution is -0.118. The van der Waals surface area contributed by atoms with Crippen molar-refractivity contribution in [1.29, 1.82) is 0 Å². The van der Waals surface area contributed by atoms with Crippen LogP contribution >= 0.6 is 0 Å². The second kappa shape index (κ2) is 11.6. The van der Waals surface area contributed by atoms with Gasteiger partial charge in [0.2, 0.25) is 5.91 Å². The van der Waals surface area contributed by atoms with Crippen LogP contribution < -0.4 is 16.1 Å². The Balaban J connectivity index is 1.95. The second-order valence-corrected chi connectivity index (χ2v) is 8.30. The number of aromatic amines is 1. The fraction of sp³-hybridized carbons (Fsp3) is 0.520. The van der Waals surface area contributed by atoms with E-state index in [1.165, 1.54) is 0 Å². The highest BCUT2D eigenvalue weighted by Crippen LogP contribution is 2.18. The van der Waals surface area contributed by atoms with Crippen molar-refractivity contribution in [2.45, 2.75) is 78.8 Å². The monoisotopic (exact) mass is 453 g/mol. The highest BCUT2D eigenvalue weighted by atomic mass is 16.2. The van der Waals surface area contributed by atoms with Crippen molar-refractivity contribution in [2.75, 3.05) is 11.4 Å². The standard InChI is InChI=1S/C25H35N5O3/c1-4-7-12-18-29-20(15-16-21(31)28(6-3)19-13-10-9-11-14-19)26-23-22(29)24(32)27-25(33)30(23)17-8-5-2/h9-11,13-14H,4-8,12,15-18H2,1-3H3,(H,27,32,33). The van der Waals surface area contributed by atoms with E-state index < -0.39 is 11.2 Å². The molecule has 0 aliphatic heterocycles. The summed E-state index contributed by atoms with van der Waals surface area (Å²) in [5, 5.41) is 0. The second-order valence-electron chi connectivity index (χ2n) is 8.30. The van der Waals surface area contributed by atoms with Gasteiger partial charge in [0.15, 0.2) is 11.2 Å². The predicted octanol–water partition coefficient (Wildman–Crippen LogP) is 3.86. The quantitative estimate of drug-likeness (QED) is 0.422. The summed E-state index contributed by atoms with van der Waals surface area (Å²) in [5.74, 6) is 0.688. The fourth-order valence-electron chi connectivity index (χ4n) is 4.16. The zero-order chi connectivity index (χ0) is 23.8. The number of H-pyrrole nitrogens is 1. The van der Waals surface area contributed by atoms with Crippen LogP contribution in [0.5, 0.6) is 0 Å². The Kier molecular flexibility index (Phi) is 8.63. The first-order chi connectivity index (χ1) is 16.0. The number of fused-ring (bicyclic) bond motifs is 1. The summed E-state index contributed by atoms with van der Waals surface area (Å²) in [6.45, 7) is 7.86. The molecule has 178 valence electrons. The number of rotatable bonds is 12.